The van der Waals surface area contributed by atoms with Crippen molar-refractivity contribution in [1.82, 2.24) is 5.48 Å². The summed E-state index contributed by atoms with van der Waals surface area (Å²) in [5.74, 6) is -0.859. The molecule has 0 aromatic heterocycles. The fourth-order valence-electron chi connectivity index (χ4n) is 1.03. The Kier molecular flexibility index (Phi) is 3.91. The normalized spacial score (nSPS) is 11.2. The standard InChI is InChI=1S/C11H16FNO2/c1-4-13-15-10-8-6-5-7-9(10)14-11(2,3)12/h5-8,13H,4H2,1-3H3. The van der Waals surface area contributed by atoms with Crippen LogP contribution in [0, 0.1) is 0 Å². The van der Waals surface area contributed by atoms with Gasteiger partial charge < -0.3 is 9.57 Å². The summed E-state index contributed by atoms with van der Waals surface area (Å²) in [6.45, 7) is 5.25. The van der Waals surface area contributed by atoms with Gasteiger partial charge in [-0.1, -0.05) is 12.1 Å². The predicted molar refractivity (Wildman–Crippen MR) is 56.6 cm³/mol. The van der Waals surface area contributed by atoms with Crippen molar-refractivity contribution in [3.8, 4) is 11.5 Å². The van der Waals surface area contributed by atoms with E-state index in [0.717, 1.165) is 0 Å². The number of benzene rings is 1. The Labute approximate surface area is 89.2 Å². The second-order valence-corrected chi connectivity index (χ2v) is 3.51. The minimum absolute atomic E-state index is 0.381. The van der Waals surface area contributed by atoms with Crippen LogP contribution in [0.25, 0.3) is 0 Å². The van der Waals surface area contributed by atoms with E-state index >= 15 is 0 Å². The molecule has 3 nitrogen and oxygen atoms in total. The summed E-state index contributed by atoms with van der Waals surface area (Å²) in [5, 5.41) is 0. The maximum Gasteiger partial charge on any atom is 0.243 e. The lowest BCUT2D eigenvalue weighted by Gasteiger charge is -2.19. The van der Waals surface area contributed by atoms with E-state index in [1.54, 1.807) is 24.3 Å². The van der Waals surface area contributed by atoms with Gasteiger partial charge in [-0.3, -0.25) is 0 Å². The van der Waals surface area contributed by atoms with Crippen molar-refractivity contribution in [2.45, 2.75) is 26.6 Å². The van der Waals surface area contributed by atoms with Crippen molar-refractivity contribution >= 4 is 0 Å². The third kappa shape index (κ3) is 4.16. The number of hydrogen-bond donors (Lipinski definition) is 1. The largest absolute Gasteiger partial charge is 0.455 e. The minimum Gasteiger partial charge on any atom is -0.455 e. The third-order valence-corrected chi connectivity index (χ3v) is 1.53. The topological polar surface area (TPSA) is 30.5 Å². The molecule has 0 heterocycles. The summed E-state index contributed by atoms with van der Waals surface area (Å²) in [5.41, 5.74) is 2.69. The van der Waals surface area contributed by atoms with Crippen LogP contribution in [0.2, 0.25) is 0 Å². The fraction of sp³-hybridized carbons (Fsp3) is 0.455. The van der Waals surface area contributed by atoms with E-state index in [9.17, 15) is 4.39 Å². The third-order valence-electron chi connectivity index (χ3n) is 1.53. The van der Waals surface area contributed by atoms with E-state index < -0.39 is 5.85 Å². The average Bonchev–Trinajstić information content (AvgIpc) is 2.14. The number of rotatable bonds is 5. The van der Waals surface area contributed by atoms with Crippen LogP contribution in [0.3, 0.4) is 0 Å². The molecule has 0 aliphatic carbocycles. The lowest BCUT2D eigenvalue weighted by Crippen LogP contribution is -2.23. The van der Waals surface area contributed by atoms with Gasteiger partial charge in [0.1, 0.15) is 0 Å². The Balaban J connectivity index is 2.77. The number of hydrogen-bond acceptors (Lipinski definition) is 3. The summed E-state index contributed by atoms with van der Waals surface area (Å²) in [7, 11) is 0. The first kappa shape index (κ1) is 11.8. The van der Waals surface area contributed by atoms with Crippen LogP contribution in [0.4, 0.5) is 4.39 Å². The van der Waals surface area contributed by atoms with Crippen LogP contribution in [0.15, 0.2) is 24.3 Å². The number of nitrogens with one attached hydrogen (secondary N) is 1. The molecule has 0 amide bonds. The van der Waals surface area contributed by atoms with Gasteiger partial charge in [-0.25, -0.2) is 0 Å². The molecular formula is C11H16FNO2. The van der Waals surface area contributed by atoms with Crippen LogP contribution in [0.1, 0.15) is 20.8 Å². The molecule has 1 N–H and O–H groups in total. The van der Waals surface area contributed by atoms with E-state index in [1.165, 1.54) is 13.8 Å². The van der Waals surface area contributed by atoms with Gasteiger partial charge in [0.15, 0.2) is 11.5 Å². The molecule has 0 spiro atoms. The van der Waals surface area contributed by atoms with E-state index in [0.29, 0.717) is 18.0 Å². The van der Waals surface area contributed by atoms with Gasteiger partial charge in [0.25, 0.3) is 0 Å². The molecule has 0 radical (unpaired) electrons. The second kappa shape index (κ2) is 4.98. The number of alkyl halides is 1. The van der Waals surface area contributed by atoms with Crippen LogP contribution < -0.4 is 15.1 Å². The van der Waals surface area contributed by atoms with Crippen molar-refractivity contribution < 1.29 is 14.0 Å². The molecule has 4 heteroatoms. The van der Waals surface area contributed by atoms with Gasteiger partial charge in [0.05, 0.1) is 0 Å². The highest BCUT2D eigenvalue weighted by atomic mass is 19.2. The summed E-state index contributed by atoms with van der Waals surface area (Å²) < 4.78 is 18.4. The summed E-state index contributed by atoms with van der Waals surface area (Å²) in [4.78, 5) is 5.19. The van der Waals surface area contributed by atoms with Gasteiger partial charge in [-0.15, -0.1) is 0 Å². The Morgan fingerprint density at radius 2 is 1.87 bits per heavy atom. The van der Waals surface area contributed by atoms with Crippen LogP contribution >= 0.6 is 0 Å². The lowest BCUT2D eigenvalue weighted by molar-refractivity contribution is -0.0288. The van der Waals surface area contributed by atoms with Crippen molar-refractivity contribution in [1.29, 1.82) is 0 Å². The molecule has 0 saturated heterocycles. The van der Waals surface area contributed by atoms with Crippen molar-refractivity contribution in [3.05, 3.63) is 24.3 Å². The van der Waals surface area contributed by atoms with E-state index in [4.69, 9.17) is 9.57 Å². The van der Waals surface area contributed by atoms with Gasteiger partial charge in [-0.2, -0.15) is 9.87 Å². The molecule has 0 fully saturated rings. The van der Waals surface area contributed by atoms with Crippen LogP contribution in [0.5, 0.6) is 11.5 Å². The SMILES string of the molecule is CCNOc1ccccc1OC(C)(C)F. The zero-order valence-corrected chi connectivity index (χ0v) is 9.21. The molecule has 0 aliphatic rings. The van der Waals surface area contributed by atoms with Crippen LogP contribution in [-0.4, -0.2) is 12.4 Å². The molecule has 0 saturated carbocycles. The van der Waals surface area contributed by atoms with Gasteiger partial charge in [0, 0.05) is 20.4 Å². The molecule has 1 aromatic carbocycles. The number of halogens is 1. The first-order valence-electron chi connectivity index (χ1n) is 4.89. The van der Waals surface area contributed by atoms with Gasteiger partial charge in [-0.05, 0) is 19.1 Å². The number of hydroxylamine groups is 1. The highest BCUT2D eigenvalue weighted by Crippen LogP contribution is 2.29. The molecule has 0 atom stereocenters. The molecular weight excluding hydrogens is 197 g/mol. The molecule has 1 rings (SSSR count). The Hall–Kier alpha value is -1.29. The monoisotopic (exact) mass is 213 g/mol. The smallest absolute Gasteiger partial charge is 0.243 e. The van der Waals surface area contributed by atoms with Crippen molar-refractivity contribution in [2.24, 2.45) is 0 Å². The number of ether oxygens (including phenoxy) is 1. The predicted octanol–water partition coefficient (Wildman–Crippen LogP) is 2.67. The first-order valence-corrected chi connectivity index (χ1v) is 4.89. The molecule has 1 aromatic rings. The van der Waals surface area contributed by atoms with Gasteiger partial charge >= 0.3 is 0 Å². The molecule has 0 bridgehead atoms. The van der Waals surface area contributed by atoms with Gasteiger partial charge in [0.2, 0.25) is 5.85 Å². The fourth-order valence-corrected chi connectivity index (χ4v) is 1.03. The Bertz CT molecular complexity index is 310. The van der Waals surface area contributed by atoms with E-state index in [1.807, 2.05) is 6.92 Å². The first-order chi connectivity index (χ1) is 7.03. The minimum atomic E-state index is -1.72. The van der Waals surface area contributed by atoms with Crippen LogP contribution in [-0.2, 0) is 0 Å². The summed E-state index contributed by atoms with van der Waals surface area (Å²) in [6, 6.07) is 6.93. The number of para-hydroxylation sites is 2. The summed E-state index contributed by atoms with van der Waals surface area (Å²) in [6.07, 6.45) is 0. The van der Waals surface area contributed by atoms with E-state index in [-0.39, 0.29) is 0 Å². The second-order valence-electron chi connectivity index (χ2n) is 3.51. The average molecular weight is 213 g/mol. The molecule has 84 valence electrons. The quantitative estimate of drug-likeness (QED) is 0.763. The van der Waals surface area contributed by atoms with Crippen molar-refractivity contribution in [3.63, 3.8) is 0 Å². The molecule has 0 aliphatic heterocycles. The van der Waals surface area contributed by atoms with Crippen molar-refractivity contribution in [2.75, 3.05) is 6.54 Å². The van der Waals surface area contributed by atoms with E-state index in [2.05, 4.69) is 5.48 Å². The molecule has 0 unspecified atom stereocenters. The Morgan fingerprint density at radius 3 is 2.40 bits per heavy atom. The highest BCUT2D eigenvalue weighted by Gasteiger charge is 2.19. The zero-order chi connectivity index (χ0) is 11.3. The molecule has 15 heavy (non-hydrogen) atoms. The maximum absolute atomic E-state index is 13.3. The Morgan fingerprint density at radius 1 is 1.27 bits per heavy atom. The zero-order valence-electron chi connectivity index (χ0n) is 9.21. The lowest BCUT2D eigenvalue weighted by atomic mass is 10.3. The maximum atomic E-state index is 13.3. The summed E-state index contributed by atoms with van der Waals surface area (Å²) >= 11 is 0. The highest BCUT2D eigenvalue weighted by molar-refractivity contribution is 5.39.